The number of carboxylic acid groups (broad SMARTS) is 1. The van der Waals surface area contributed by atoms with Crippen molar-refractivity contribution >= 4 is 5.97 Å². The van der Waals surface area contributed by atoms with Gasteiger partial charge < -0.3 is 10.2 Å². The fourth-order valence-electron chi connectivity index (χ4n) is 1.16. The summed E-state index contributed by atoms with van der Waals surface area (Å²) in [5.41, 5.74) is 0.219. The van der Waals surface area contributed by atoms with Crippen LogP contribution in [0.3, 0.4) is 0 Å². The predicted molar refractivity (Wildman–Crippen MR) is 51.7 cm³/mol. The van der Waals surface area contributed by atoms with Gasteiger partial charge in [-0.15, -0.1) is 0 Å². The van der Waals surface area contributed by atoms with Gasteiger partial charge >= 0.3 is 5.97 Å². The summed E-state index contributed by atoms with van der Waals surface area (Å²) in [4.78, 5) is 18.2. The van der Waals surface area contributed by atoms with E-state index in [1.165, 1.54) is 29.6 Å². The van der Waals surface area contributed by atoms with Crippen LogP contribution in [0.1, 0.15) is 11.7 Å². The minimum Gasteiger partial charge on any atom is -0.479 e. The third-order valence-corrected chi connectivity index (χ3v) is 1.97. The highest BCUT2D eigenvalue weighted by Gasteiger charge is 2.15. The van der Waals surface area contributed by atoms with E-state index in [1.807, 2.05) is 0 Å². The zero-order valence-electron chi connectivity index (χ0n) is 8.06. The van der Waals surface area contributed by atoms with Crippen molar-refractivity contribution in [2.45, 2.75) is 6.10 Å². The van der Waals surface area contributed by atoms with Crippen molar-refractivity contribution < 1.29 is 15.0 Å². The first-order valence-electron chi connectivity index (χ1n) is 4.40. The zero-order chi connectivity index (χ0) is 11.5. The smallest absolute Gasteiger partial charge is 0.337 e. The van der Waals surface area contributed by atoms with Gasteiger partial charge in [-0.3, -0.25) is 0 Å². The van der Waals surface area contributed by atoms with E-state index in [0.29, 0.717) is 5.82 Å². The Labute approximate surface area is 90.0 Å². The van der Waals surface area contributed by atoms with E-state index in [0.717, 1.165) is 0 Å². The highest BCUT2D eigenvalue weighted by atomic mass is 16.4. The highest BCUT2D eigenvalue weighted by molar-refractivity contribution is 5.73. The maximum absolute atomic E-state index is 10.5. The van der Waals surface area contributed by atoms with Crippen molar-refractivity contribution in [2.24, 2.45) is 0 Å². The van der Waals surface area contributed by atoms with E-state index in [4.69, 9.17) is 5.11 Å². The molecule has 2 aromatic heterocycles. The summed E-state index contributed by atoms with van der Waals surface area (Å²) in [5, 5.41) is 21.7. The van der Waals surface area contributed by atoms with E-state index >= 15 is 0 Å². The summed E-state index contributed by atoms with van der Waals surface area (Å²) in [6, 6.07) is 3.03. The fraction of sp³-hybridized carbons (Fsp3) is 0.111. The van der Waals surface area contributed by atoms with Gasteiger partial charge in [0.25, 0.3) is 0 Å². The molecule has 2 heterocycles. The molecule has 0 aliphatic rings. The Bertz CT molecular complexity index is 480. The van der Waals surface area contributed by atoms with E-state index in [9.17, 15) is 9.90 Å². The molecule has 0 saturated carbocycles. The standard InChI is InChI=1S/C9H8N4O3/c14-8(9(15)16)6-1-2-7(11-3-6)13-5-10-4-12-13/h1-5,8,14H,(H,15,16). The molecule has 7 heteroatoms. The molecule has 0 spiro atoms. The van der Waals surface area contributed by atoms with Crippen LogP contribution in [0.4, 0.5) is 0 Å². The largest absolute Gasteiger partial charge is 0.479 e. The quantitative estimate of drug-likeness (QED) is 0.741. The molecule has 0 aromatic carbocycles. The molecule has 16 heavy (non-hydrogen) atoms. The number of aliphatic carboxylic acids is 1. The van der Waals surface area contributed by atoms with Gasteiger partial charge in [-0.25, -0.2) is 19.4 Å². The summed E-state index contributed by atoms with van der Waals surface area (Å²) in [6.07, 6.45) is 2.56. The number of carboxylic acids is 1. The van der Waals surface area contributed by atoms with Crippen LogP contribution in [0.5, 0.6) is 0 Å². The molecule has 0 fully saturated rings. The Hall–Kier alpha value is -2.28. The second-order valence-electron chi connectivity index (χ2n) is 3.03. The summed E-state index contributed by atoms with van der Waals surface area (Å²) < 4.78 is 1.43. The molecule has 1 unspecified atom stereocenters. The molecule has 0 amide bonds. The average Bonchev–Trinajstić information content (AvgIpc) is 2.81. The lowest BCUT2D eigenvalue weighted by Crippen LogP contribution is -2.11. The van der Waals surface area contributed by atoms with E-state index in [2.05, 4.69) is 15.1 Å². The van der Waals surface area contributed by atoms with Crippen molar-refractivity contribution in [3.05, 3.63) is 36.5 Å². The van der Waals surface area contributed by atoms with E-state index < -0.39 is 12.1 Å². The second kappa shape index (κ2) is 4.07. The lowest BCUT2D eigenvalue weighted by molar-refractivity contribution is -0.146. The third kappa shape index (κ3) is 1.89. The Balaban J connectivity index is 2.26. The predicted octanol–water partition coefficient (Wildman–Crippen LogP) is -0.220. The molecule has 0 aliphatic heterocycles. The van der Waals surface area contributed by atoms with E-state index in [-0.39, 0.29) is 5.56 Å². The summed E-state index contributed by atoms with van der Waals surface area (Å²) in [7, 11) is 0. The summed E-state index contributed by atoms with van der Waals surface area (Å²) >= 11 is 0. The van der Waals surface area contributed by atoms with Gasteiger partial charge in [-0.1, -0.05) is 6.07 Å². The molecule has 82 valence electrons. The monoisotopic (exact) mass is 220 g/mol. The van der Waals surface area contributed by atoms with Gasteiger partial charge in [0.1, 0.15) is 12.7 Å². The Morgan fingerprint density at radius 1 is 1.44 bits per heavy atom. The third-order valence-electron chi connectivity index (χ3n) is 1.97. The van der Waals surface area contributed by atoms with Crippen molar-refractivity contribution in [3.63, 3.8) is 0 Å². The number of pyridine rings is 1. The first-order chi connectivity index (χ1) is 7.68. The number of aliphatic hydroxyl groups is 1. The molecular weight excluding hydrogens is 212 g/mol. The number of nitrogens with zero attached hydrogens (tertiary/aromatic N) is 4. The van der Waals surface area contributed by atoms with Crippen molar-refractivity contribution in [1.82, 2.24) is 19.7 Å². The van der Waals surface area contributed by atoms with Crippen LogP contribution < -0.4 is 0 Å². The topological polar surface area (TPSA) is 101 Å². The number of rotatable bonds is 3. The average molecular weight is 220 g/mol. The minimum absolute atomic E-state index is 0.219. The number of hydrogen-bond acceptors (Lipinski definition) is 5. The number of aromatic nitrogens is 4. The molecular formula is C9H8N4O3. The number of carbonyl (C=O) groups is 1. The van der Waals surface area contributed by atoms with Crippen LogP contribution in [0.15, 0.2) is 31.0 Å². The van der Waals surface area contributed by atoms with Crippen LogP contribution in [-0.2, 0) is 4.79 Å². The maximum atomic E-state index is 10.5. The van der Waals surface area contributed by atoms with Gasteiger partial charge in [-0.05, 0) is 6.07 Å². The zero-order valence-corrected chi connectivity index (χ0v) is 8.06. The minimum atomic E-state index is -1.56. The van der Waals surface area contributed by atoms with Crippen LogP contribution in [0.2, 0.25) is 0 Å². The van der Waals surface area contributed by atoms with Gasteiger partial charge in [0, 0.05) is 11.8 Å². The summed E-state index contributed by atoms with van der Waals surface area (Å²) in [6.45, 7) is 0. The van der Waals surface area contributed by atoms with Crippen molar-refractivity contribution in [1.29, 1.82) is 0 Å². The van der Waals surface area contributed by atoms with Crippen molar-refractivity contribution in [3.8, 4) is 5.82 Å². The first-order valence-corrected chi connectivity index (χ1v) is 4.40. The molecule has 2 rings (SSSR count). The van der Waals surface area contributed by atoms with Crippen molar-refractivity contribution in [2.75, 3.05) is 0 Å². The van der Waals surface area contributed by atoms with Crippen LogP contribution in [0.25, 0.3) is 5.82 Å². The molecule has 1 atom stereocenters. The number of aliphatic hydroxyl groups excluding tert-OH is 1. The molecule has 0 bridgehead atoms. The first kappa shape index (κ1) is 10.2. The Morgan fingerprint density at radius 3 is 2.75 bits per heavy atom. The molecule has 0 radical (unpaired) electrons. The molecule has 2 N–H and O–H groups in total. The SMILES string of the molecule is O=C(O)C(O)c1ccc(-n2cncn2)nc1. The van der Waals surface area contributed by atoms with E-state index in [1.54, 1.807) is 6.07 Å². The molecule has 7 nitrogen and oxygen atoms in total. The van der Waals surface area contributed by atoms with Gasteiger partial charge in [0.05, 0.1) is 0 Å². The normalized spacial score (nSPS) is 12.3. The maximum Gasteiger partial charge on any atom is 0.337 e. The Kier molecular flexibility index (Phi) is 2.61. The Morgan fingerprint density at radius 2 is 2.25 bits per heavy atom. The summed E-state index contributed by atoms with van der Waals surface area (Å²) in [5.74, 6) is -0.811. The lowest BCUT2D eigenvalue weighted by Gasteiger charge is -2.05. The fourth-order valence-corrected chi connectivity index (χ4v) is 1.16. The highest BCUT2D eigenvalue weighted by Crippen LogP contribution is 2.12. The molecule has 0 saturated heterocycles. The van der Waals surface area contributed by atoms with Crippen LogP contribution in [-0.4, -0.2) is 35.9 Å². The van der Waals surface area contributed by atoms with Crippen LogP contribution in [0, 0.1) is 0 Å². The second-order valence-corrected chi connectivity index (χ2v) is 3.03. The van der Waals surface area contributed by atoms with Crippen LogP contribution >= 0.6 is 0 Å². The van der Waals surface area contributed by atoms with Gasteiger partial charge in [-0.2, -0.15) is 5.10 Å². The molecule has 0 aliphatic carbocycles. The lowest BCUT2D eigenvalue weighted by atomic mass is 10.2. The van der Waals surface area contributed by atoms with Gasteiger partial charge in [0.2, 0.25) is 0 Å². The van der Waals surface area contributed by atoms with Gasteiger partial charge in [0.15, 0.2) is 11.9 Å². The molecule has 2 aromatic rings. The number of hydrogen-bond donors (Lipinski definition) is 2.